The van der Waals surface area contributed by atoms with Crippen molar-refractivity contribution in [3.05, 3.63) is 40.4 Å². The molecule has 4 heteroatoms. The summed E-state index contributed by atoms with van der Waals surface area (Å²) in [5, 5.41) is 0. The minimum Gasteiger partial charge on any atom is -0.383 e. The summed E-state index contributed by atoms with van der Waals surface area (Å²) in [7, 11) is 0. The first-order chi connectivity index (χ1) is 8.56. The largest absolute Gasteiger partial charge is 0.383 e. The number of hydrogen-bond acceptors (Lipinski definition) is 3. The minimum atomic E-state index is 0.720. The number of anilines is 1. The number of imidazole rings is 1. The molecule has 0 saturated heterocycles. The number of benzene rings is 1. The van der Waals surface area contributed by atoms with Crippen LogP contribution in [0.25, 0.3) is 16.2 Å². The van der Waals surface area contributed by atoms with Crippen LogP contribution in [0.15, 0.2) is 24.4 Å². The minimum absolute atomic E-state index is 0.720. The number of aromatic nitrogens is 2. The highest BCUT2D eigenvalue weighted by Gasteiger charge is 2.13. The van der Waals surface area contributed by atoms with E-state index >= 15 is 0 Å². The summed E-state index contributed by atoms with van der Waals surface area (Å²) in [6.07, 6.45) is 2.03. The summed E-state index contributed by atoms with van der Waals surface area (Å²) < 4.78 is 1.96. The SMILES string of the molecule is Cc1cn2c(N)c(-c3ccc(C)c(C)c3)nc2s1. The van der Waals surface area contributed by atoms with Gasteiger partial charge in [0, 0.05) is 16.6 Å². The molecule has 3 nitrogen and oxygen atoms in total. The zero-order valence-corrected chi connectivity index (χ0v) is 11.5. The van der Waals surface area contributed by atoms with Crippen LogP contribution in [0.4, 0.5) is 5.82 Å². The molecule has 0 bridgehead atoms. The lowest BCUT2D eigenvalue weighted by molar-refractivity contribution is 1.23. The molecule has 0 aliphatic rings. The number of rotatable bonds is 1. The molecule has 0 amide bonds. The molecule has 0 aliphatic heterocycles. The molecule has 1 aromatic carbocycles. The maximum atomic E-state index is 6.18. The Morgan fingerprint density at radius 2 is 1.94 bits per heavy atom. The molecule has 0 radical (unpaired) electrons. The van der Waals surface area contributed by atoms with Crippen molar-refractivity contribution in [2.45, 2.75) is 20.8 Å². The van der Waals surface area contributed by atoms with Gasteiger partial charge in [-0.05, 0) is 38.0 Å². The van der Waals surface area contributed by atoms with E-state index in [4.69, 9.17) is 5.73 Å². The third-order valence-corrected chi connectivity index (χ3v) is 4.16. The van der Waals surface area contributed by atoms with Crippen LogP contribution in [-0.4, -0.2) is 9.38 Å². The van der Waals surface area contributed by atoms with Crippen LogP contribution in [-0.2, 0) is 0 Å². The Hall–Kier alpha value is -1.81. The van der Waals surface area contributed by atoms with Crippen LogP contribution >= 0.6 is 11.3 Å². The Bertz CT molecular complexity index is 737. The molecule has 0 unspecified atom stereocenters. The lowest BCUT2D eigenvalue weighted by Gasteiger charge is -2.03. The van der Waals surface area contributed by atoms with Crippen LogP contribution in [0, 0.1) is 20.8 Å². The van der Waals surface area contributed by atoms with E-state index in [0.29, 0.717) is 0 Å². The van der Waals surface area contributed by atoms with Gasteiger partial charge in [-0.3, -0.25) is 4.40 Å². The number of hydrogen-bond donors (Lipinski definition) is 1. The highest BCUT2D eigenvalue weighted by Crippen LogP contribution is 2.30. The normalized spacial score (nSPS) is 11.3. The zero-order chi connectivity index (χ0) is 12.9. The van der Waals surface area contributed by atoms with Crippen LogP contribution < -0.4 is 5.73 Å². The average Bonchev–Trinajstić information content (AvgIpc) is 2.82. The van der Waals surface area contributed by atoms with E-state index in [9.17, 15) is 0 Å². The van der Waals surface area contributed by atoms with Gasteiger partial charge in [0.1, 0.15) is 11.5 Å². The van der Waals surface area contributed by atoms with Gasteiger partial charge >= 0.3 is 0 Å². The molecule has 3 rings (SSSR count). The molecule has 2 heterocycles. The quantitative estimate of drug-likeness (QED) is 0.724. The fraction of sp³-hybridized carbons (Fsp3) is 0.214. The molecule has 0 fully saturated rings. The van der Waals surface area contributed by atoms with Crippen molar-refractivity contribution in [3.8, 4) is 11.3 Å². The first kappa shape index (κ1) is 11.3. The first-order valence-electron chi connectivity index (χ1n) is 5.88. The molecule has 0 atom stereocenters. The maximum absolute atomic E-state index is 6.18. The van der Waals surface area contributed by atoms with E-state index in [2.05, 4.69) is 44.0 Å². The average molecular weight is 257 g/mol. The second-order valence-electron chi connectivity index (χ2n) is 4.64. The molecule has 18 heavy (non-hydrogen) atoms. The molecule has 3 aromatic rings. The van der Waals surface area contributed by atoms with Crippen LogP contribution in [0.3, 0.4) is 0 Å². The molecular weight excluding hydrogens is 242 g/mol. The summed E-state index contributed by atoms with van der Waals surface area (Å²) in [5.41, 5.74) is 10.7. The maximum Gasteiger partial charge on any atom is 0.196 e. The van der Waals surface area contributed by atoms with Gasteiger partial charge in [0.25, 0.3) is 0 Å². The zero-order valence-electron chi connectivity index (χ0n) is 10.7. The lowest BCUT2D eigenvalue weighted by Crippen LogP contribution is -1.93. The van der Waals surface area contributed by atoms with Gasteiger partial charge < -0.3 is 5.73 Å². The molecule has 2 N–H and O–H groups in total. The summed E-state index contributed by atoms with van der Waals surface area (Å²) in [6, 6.07) is 6.34. The third kappa shape index (κ3) is 1.61. The van der Waals surface area contributed by atoms with Crippen LogP contribution in [0.1, 0.15) is 16.0 Å². The van der Waals surface area contributed by atoms with E-state index in [1.54, 1.807) is 11.3 Å². The molecule has 92 valence electrons. The van der Waals surface area contributed by atoms with Crippen molar-refractivity contribution < 1.29 is 0 Å². The van der Waals surface area contributed by atoms with E-state index < -0.39 is 0 Å². The number of nitrogens with zero attached hydrogens (tertiary/aromatic N) is 2. The molecule has 0 saturated carbocycles. The number of thiazole rings is 1. The summed E-state index contributed by atoms with van der Waals surface area (Å²) >= 11 is 1.66. The molecular formula is C14H15N3S. The van der Waals surface area contributed by atoms with E-state index in [-0.39, 0.29) is 0 Å². The van der Waals surface area contributed by atoms with Gasteiger partial charge in [-0.15, -0.1) is 11.3 Å². The molecule has 2 aromatic heterocycles. The molecule has 0 spiro atoms. The highest BCUT2D eigenvalue weighted by atomic mass is 32.1. The van der Waals surface area contributed by atoms with Crippen LogP contribution in [0.2, 0.25) is 0 Å². The second-order valence-corrected chi connectivity index (χ2v) is 5.85. The van der Waals surface area contributed by atoms with Gasteiger partial charge in [0.05, 0.1) is 0 Å². The predicted molar refractivity (Wildman–Crippen MR) is 77.1 cm³/mol. The second kappa shape index (κ2) is 3.85. The van der Waals surface area contributed by atoms with Gasteiger partial charge in [-0.1, -0.05) is 12.1 Å². The summed E-state index contributed by atoms with van der Waals surface area (Å²) in [4.78, 5) is 6.81. The van der Waals surface area contributed by atoms with Crippen molar-refractivity contribution in [2.24, 2.45) is 0 Å². The number of nitrogens with two attached hydrogens (primary N) is 1. The number of fused-ring (bicyclic) bond motifs is 1. The van der Waals surface area contributed by atoms with Crippen molar-refractivity contribution in [2.75, 3.05) is 5.73 Å². The summed E-state index contributed by atoms with van der Waals surface area (Å²) in [6.45, 7) is 6.28. The first-order valence-corrected chi connectivity index (χ1v) is 6.69. The lowest BCUT2D eigenvalue weighted by atomic mass is 10.0. The fourth-order valence-electron chi connectivity index (χ4n) is 2.07. The Kier molecular flexibility index (Phi) is 2.41. The highest BCUT2D eigenvalue weighted by molar-refractivity contribution is 7.17. The van der Waals surface area contributed by atoms with Crippen molar-refractivity contribution in [1.82, 2.24) is 9.38 Å². The van der Waals surface area contributed by atoms with Crippen LogP contribution in [0.5, 0.6) is 0 Å². The smallest absolute Gasteiger partial charge is 0.196 e. The van der Waals surface area contributed by atoms with Crippen molar-refractivity contribution in [1.29, 1.82) is 0 Å². The predicted octanol–water partition coefficient (Wildman–Crippen LogP) is 3.57. The van der Waals surface area contributed by atoms with E-state index in [0.717, 1.165) is 22.0 Å². The number of aryl methyl sites for hydroxylation is 3. The molecule has 0 aliphatic carbocycles. The van der Waals surface area contributed by atoms with Gasteiger partial charge in [-0.25, -0.2) is 4.98 Å². The number of nitrogen functional groups attached to an aromatic ring is 1. The Labute approximate surface area is 110 Å². The Morgan fingerprint density at radius 1 is 1.17 bits per heavy atom. The Balaban J connectivity index is 2.21. The van der Waals surface area contributed by atoms with Gasteiger partial charge in [-0.2, -0.15) is 0 Å². The van der Waals surface area contributed by atoms with Crippen molar-refractivity contribution >= 4 is 22.1 Å². The van der Waals surface area contributed by atoms with Gasteiger partial charge in [0.15, 0.2) is 4.96 Å². The van der Waals surface area contributed by atoms with E-state index in [1.165, 1.54) is 16.0 Å². The van der Waals surface area contributed by atoms with Crippen molar-refractivity contribution in [3.63, 3.8) is 0 Å². The van der Waals surface area contributed by atoms with Gasteiger partial charge in [0.2, 0.25) is 0 Å². The summed E-state index contributed by atoms with van der Waals surface area (Å²) in [5.74, 6) is 0.720. The monoisotopic (exact) mass is 257 g/mol. The standard InChI is InChI=1S/C14H15N3S/c1-8-4-5-11(6-9(8)2)12-13(15)17-7-10(3)18-14(17)16-12/h4-7H,15H2,1-3H3. The fourth-order valence-corrected chi connectivity index (χ4v) is 2.91. The van der Waals surface area contributed by atoms with E-state index in [1.807, 2.05) is 10.6 Å². The topological polar surface area (TPSA) is 43.3 Å². The third-order valence-electron chi connectivity index (χ3n) is 3.26. The Morgan fingerprint density at radius 3 is 2.61 bits per heavy atom.